The highest BCUT2D eigenvalue weighted by molar-refractivity contribution is 7.99. The molecule has 26 heavy (non-hydrogen) atoms. The van der Waals surface area contributed by atoms with Crippen molar-refractivity contribution in [1.29, 1.82) is 0 Å². The Labute approximate surface area is 159 Å². The van der Waals surface area contributed by atoms with Gasteiger partial charge in [-0.15, -0.1) is 11.8 Å². The second-order valence-corrected chi connectivity index (χ2v) is 7.53. The lowest BCUT2D eigenvalue weighted by molar-refractivity contribution is 0.200. The van der Waals surface area contributed by atoms with Crippen molar-refractivity contribution in [3.8, 4) is 5.75 Å². The maximum absolute atomic E-state index is 12.4. The largest absolute Gasteiger partial charge is 0.489 e. The Morgan fingerprint density at radius 1 is 1.19 bits per heavy atom. The summed E-state index contributed by atoms with van der Waals surface area (Å²) in [5.74, 6) is 1.82. The molecule has 1 aliphatic rings. The van der Waals surface area contributed by atoms with Crippen LogP contribution in [0, 0.1) is 0 Å². The predicted molar refractivity (Wildman–Crippen MR) is 107 cm³/mol. The van der Waals surface area contributed by atoms with Gasteiger partial charge in [-0.05, 0) is 29.7 Å². The average Bonchev–Trinajstić information content (AvgIpc) is 3.18. The second kappa shape index (κ2) is 9.53. The maximum Gasteiger partial charge on any atom is 0.318 e. The molecule has 3 rings (SSSR count). The van der Waals surface area contributed by atoms with E-state index in [1.807, 2.05) is 47.0 Å². The Bertz CT molecular complexity index is 691. The summed E-state index contributed by atoms with van der Waals surface area (Å²) in [5, 5.41) is 3.11. The number of urea groups is 1. The van der Waals surface area contributed by atoms with Gasteiger partial charge in [-0.3, -0.25) is 0 Å². The molecule has 2 aromatic rings. The van der Waals surface area contributed by atoms with Crippen molar-refractivity contribution >= 4 is 17.8 Å². The van der Waals surface area contributed by atoms with Crippen molar-refractivity contribution in [2.24, 2.45) is 0 Å². The standard InChI is InChI=1S/C21H26N2O2S/c1-2-3-13-22-21(24)23-14-15-26-20(23)18-9-11-19(12-10-18)25-16-17-7-5-4-6-8-17/h4-12,20H,2-3,13-16H2,1H3,(H,22,24)/t20-/m1/s1. The SMILES string of the molecule is CCCCNC(=O)N1CCS[C@@H]1c1ccc(OCc2ccccc2)cc1. The third-order valence-corrected chi connectivity index (χ3v) is 5.63. The summed E-state index contributed by atoms with van der Waals surface area (Å²) in [6.45, 7) is 4.22. The van der Waals surface area contributed by atoms with Gasteiger partial charge in [0.1, 0.15) is 17.7 Å². The summed E-state index contributed by atoms with van der Waals surface area (Å²) >= 11 is 1.81. The molecule has 0 radical (unpaired) electrons. The lowest BCUT2D eigenvalue weighted by Crippen LogP contribution is -2.39. The number of hydrogen-bond donors (Lipinski definition) is 1. The number of unbranched alkanes of at least 4 members (excludes halogenated alkanes) is 1. The van der Waals surface area contributed by atoms with Crippen molar-refractivity contribution < 1.29 is 9.53 Å². The highest BCUT2D eigenvalue weighted by Crippen LogP contribution is 2.38. The lowest BCUT2D eigenvalue weighted by Gasteiger charge is -2.24. The number of nitrogens with zero attached hydrogens (tertiary/aromatic N) is 1. The third kappa shape index (κ3) is 4.94. The molecule has 4 nitrogen and oxygen atoms in total. The van der Waals surface area contributed by atoms with E-state index in [0.717, 1.165) is 48.6 Å². The zero-order valence-corrected chi connectivity index (χ0v) is 16.0. The van der Waals surface area contributed by atoms with E-state index in [-0.39, 0.29) is 11.4 Å². The van der Waals surface area contributed by atoms with Gasteiger partial charge in [-0.25, -0.2) is 4.79 Å². The molecular weight excluding hydrogens is 344 g/mol. The molecule has 138 valence electrons. The Morgan fingerprint density at radius 3 is 2.69 bits per heavy atom. The molecule has 0 saturated carbocycles. The molecule has 0 bridgehead atoms. The molecule has 5 heteroatoms. The Kier molecular flexibility index (Phi) is 6.83. The van der Waals surface area contributed by atoms with Gasteiger partial charge >= 0.3 is 6.03 Å². The van der Waals surface area contributed by atoms with Crippen LogP contribution in [-0.2, 0) is 6.61 Å². The monoisotopic (exact) mass is 370 g/mol. The van der Waals surface area contributed by atoms with Gasteiger partial charge in [0.15, 0.2) is 0 Å². The minimum absolute atomic E-state index is 0.0397. The molecule has 0 spiro atoms. The van der Waals surface area contributed by atoms with Gasteiger partial charge < -0.3 is 15.0 Å². The summed E-state index contributed by atoms with van der Waals surface area (Å²) in [6.07, 6.45) is 2.10. The van der Waals surface area contributed by atoms with Crippen LogP contribution < -0.4 is 10.1 Å². The van der Waals surface area contributed by atoms with E-state index in [2.05, 4.69) is 36.5 Å². The molecular formula is C21H26N2O2S. The first-order valence-corrected chi connectivity index (χ1v) is 10.3. The van der Waals surface area contributed by atoms with Gasteiger partial charge in [-0.2, -0.15) is 0 Å². The Hall–Kier alpha value is -2.14. The minimum Gasteiger partial charge on any atom is -0.489 e. The highest BCUT2D eigenvalue weighted by Gasteiger charge is 2.30. The summed E-state index contributed by atoms with van der Waals surface area (Å²) < 4.78 is 5.85. The van der Waals surface area contributed by atoms with E-state index in [1.165, 1.54) is 0 Å². The van der Waals surface area contributed by atoms with Gasteiger partial charge in [0.2, 0.25) is 0 Å². The van der Waals surface area contributed by atoms with Crippen LogP contribution in [0.1, 0.15) is 36.3 Å². The number of ether oxygens (including phenoxy) is 1. The van der Waals surface area contributed by atoms with E-state index in [4.69, 9.17) is 4.74 Å². The van der Waals surface area contributed by atoms with Crippen LogP contribution in [0.25, 0.3) is 0 Å². The number of carbonyl (C=O) groups excluding carboxylic acids is 1. The topological polar surface area (TPSA) is 41.6 Å². The highest BCUT2D eigenvalue weighted by atomic mass is 32.2. The van der Waals surface area contributed by atoms with Gasteiger partial charge in [-0.1, -0.05) is 55.8 Å². The zero-order valence-electron chi connectivity index (χ0n) is 15.2. The van der Waals surface area contributed by atoms with Crippen molar-refractivity contribution in [3.05, 3.63) is 65.7 Å². The van der Waals surface area contributed by atoms with E-state index in [9.17, 15) is 4.79 Å². The minimum atomic E-state index is 0.0397. The molecule has 1 heterocycles. The maximum atomic E-state index is 12.4. The molecule has 1 N–H and O–H groups in total. The van der Waals surface area contributed by atoms with Crippen molar-refractivity contribution in [2.75, 3.05) is 18.8 Å². The number of benzene rings is 2. The van der Waals surface area contributed by atoms with Gasteiger partial charge in [0, 0.05) is 18.8 Å². The van der Waals surface area contributed by atoms with Crippen LogP contribution in [0.5, 0.6) is 5.75 Å². The second-order valence-electron chi connectivity index (χ2n) is 6.35. The fraction of sp³-hybridized carbons (Fsp3) is 0.381. The lowest BCUT2D eigenvalue weighted by atomic mass is 10.2. The number of amides is 2. The summed E-state index contributed by atoms with van der Waals surface area (Å²) in [5.41, 5.74) is 2.29. The molecule has 1 atom stereocenters. The summed E-state index contributed by atoms with van der Waals surface area (Å²) in [7, 11) is 0. The molecule has 2 amide bonds. The normalized spacial score (nSPS) is 16.5. The van der Waals surface area contributed by atoms with Crippen LogP contribution in [-0.4, -0.2) is 29.8 Å². The van der Waals surface area contributed by atoms with Crippen LogP contribution in [0.2, 0.25) is 0 Å². The molecule has 0 aromatic heterocycles. The smallest absolute Gasteiger partial charge is 0.318 e. The number of carbonyl (C=O) groups is 1. The number of hydrogen-bond acceptors (Lipinski definition) is 3. The molecule has 1 fully saturated rings. The summed E-state index contributed by atoms with van der Waals surface area (Å²) in [4.78, 5) is 14.3. The average molecular weight is 371 g/mol. The first kappa shape index (κ1) is 18.6. The van der Waals surface area contributed by atoms with Crippen molar-refractivity contribution in [2.45, 2.75) is 31.7 Å². The van der Waals surface area contributed by atoms with Crippen LogP contribution in [0.15, 0.2) is 54.6 Å². The van der Waals surface area contributed by atoms with Crippen molar-refractivity contribution in [3.63, 3.8) is 0 Å². The number of thioether (sulfide) groups is 1. The van der Waals surface area contributed by atoms with E-state index < -0.39 is 0 Å². The quantitative estimate of drug-likeness (QED) is 0.710. The molecule has 1 saturated heterocycles. The van der Waals surface area contributed by atoms with Gasteiger partial charge in [0.05, 0.1) is 0 Å². The van der Waals surface area contributed by atoms with Crippen LogP contribution in [0.3, 0.4) is 0 Å². The fourth-order valence-corrected chi connectivity index (χ4v) is 4.15. The van der Waals surface area contributed by atoms with E-state index >= 15 is 0 Å². The van der Waals surface area contributed by atoms with E-state index in [0.29, 0.717) is 6.61 Å². The molecule has 0 aliphatic carbocycles. The Morgan fingerprint density at radius 2 is 1.96 bits per heavy atom. The van der Waals surface area contributed by atoms with Crippen LogP contribution >= 0.6 is 11.8 Å². The molecule has 2 aromatic carbocycles. The van der Waals surface area contributed by atoms with Crippen LogP contribution in [0.4, 0.5) is 4.79 Å². The molecule has 0 unspecified atom stereocenters. The number of nitrogens with one attached hydrogen (secondary N) is 1. The van der Waals surface area contributed by atoms with Gasteiger partial charge in [0.25, 0.3) is 0 Å². The van der Waals surface area contributed by atoms with E-state index in [1.54, 1.807) is 0 Å². The Balaban J connectivity index is 1.57. The number of rotatable bonds is 7. The molecule has 1 aliphatic heterocycles. The first-order valence-electron chi connectivity index (χ1n) is 9.20. The third-order valence-electron chi connectivity index (χ3n) is 4.37. The summed E-state index contributed by atoms with van der Waals surface area (Å²) in [6, 6.07) is 18.3. The predicted octanol–water partition coefficient (Wildman–Crippen LogP) is 4.82. The zero-order chi connectivity index (χ0) is 18.2. The first-order chi connectivity index (χ1) is 12.8. The van der Waals surface area contributed by atoms with Crippen molar-refractivity contribution in [1.82, 2.24) is 10.2 Å². The fourth-order valence-electron chi connectivity index (χ4n) is 2.90.